The van der Waals surface area contributed by atoms with Crippen LogP contribution in [0.2, 0.25) is 0 Å². The van der Waals surface area contributed by atoms with Gasteiger partial charge in [0, 0.05) is 5.56 Å². The van der Waals surface area contributed by atoms with Gasteiger partial charge in [-0.05, 0) is 18.1 Å². The predicted molar refractivity (Wildman–Crippen MR) is 66.5 cm³/mol. The van der Waals surface area contributed by atoms with Crippen LogP contribution in [0.3, 0.4) is 0 Å². The highest BCUT2D eigenvalue weighted by Crippen LogP contribution is 2.45. The van der Waals surface area contributed by atoms with Crippen molar-refractivity contribution in [3.05, 3.63) is 45.6 Å². The summed E-state index contributed by atoms with van der Waals surface area (Å²) in [6, 6.07) is 8.00. The molecule has 0 atom stereocenters. The minimum absolute atomic E-state index is 0.0458. The van der Waals surface area contributed by atoms with Crippen molar-refractivity contribution < 1.29 is 23.1 Å². The fourth-order valence-corrected chi connectivity index (χ4v) is 2.90. The van der Waals surface area contributed by atoms with E-state index in [4.69, 9.17) is 5.11 Å². The van der Waals surface area contributed by atoms with Crippen LogP contribution in [-0.4, -0.2) is 11.1 Å². The highest BCUT2D eigenvalue weighted by atomic mass is 32.1. The van der Waals surface area contributed by atoms with Crippen molar-refractivity contribution in [3.63, 3.8) is 0 Å². The van der Waals surface area contributed by atoms with Crippen LogP contribution in [-0.2, 0) is 6.18 Å². The quantitative estimate of drug-likeness (QED) is 0.886. The SMILES string of the molecule is Cc1c(C(=O)O)sc(C(F)(F)F)c1-c1ccccc1. The molecule has 0 radical (unpaired) electrons. The average Bonchev–Trinajstić information content (AvgIpc) is 2.68. The van der Waals surface area contributed by atoms with Crippen molar-refractivity contribution in [2.24, 2.45) is 0 Å². The van der Waals surface area contributed by atoms with Gasteiger partial charge in [0.2, 0.25) is 0 Å². The second-order valence-corrected chi connectivity index (χ2v) is 4.95. The zero-order valence-corrected chi connectivity index (χ0v) is 10.6. The van der Waals surface area contributed by atoms with E-state index in [1.54, 1.807) is 18.2 Å². The second-order valence-electron chi connectivity index (χ2n) is 3.93. The molecule has 0 saturated carbocycles. The zero-order valence-electron chi connectivity index (χ0n) is 9.78. The molecule has 6 heteroatoms. The number of benzene rings is 1. The average molecular weight is 286 g/mol. The molecule has 0 aliphatic heterocycles. The molecule has 0 amide bonds. The first-order chi connectivity index (χ1) is 8.82. The van der Waals surface area contributed by atoms with E-state index in [9.17, 15) is 18.0 Å². The van der Waals surface area contributed by atoms with Gasteiger partial charge in [0.1, 0.15) is 9.75 Å². The third-order valence-corrected chi connectivity index (χ3v) is 3.99. The van der Waals surface area contributed by atoms with Gasteiger partial charge >= 0.3 is 12.1 Å². The number of rotatable bonds is 2. The van der Waals surface area contributed by atoms with Gasteiger partial charge < -0.3 is 5.11 Å². The molecule has 2 nitrogen and oxygen atoms in total. The van der Waals surface area contributed by atoms with Crippen LogP contribution >= 0.6 is 11.3 Å². The lowest BCUT2D eigenvalue weighted by Gasteiger charge is -2.08. The van der Waals surface area contributed by atoms with E-state index < -0.39 is 17.0 Å². The van der Waals surface area contributed by atoms with Gasteiger partial charge in [-0.1, -0.05) is 30.3 Å². The minimum Gasteiger partial charge on any atom is -0.477 e. The van der Waals surface area contributed by atoms with Gasteiger partial charge in [0.15, 0.2) is 0 Å². The molecular weight excluding hydrogens is 277 g/mol. The summed E-state index contributed by atoms with van der Waals surface area (Å²) in [6.45, 7) is 1.40. The van der Waals surface area contributed by atoms with Gasteiger partial charge in [-0.3, -0.25) is 0 Å². The summed E-state index contributed by atoms with van der Waals surface area (Å²) in [6.07, 6.45) is -4.56. The van der Waals surface area contributed by atoms with Crippen molar-refractivity contribution in [2.45, 2.75) is 13.1 Å². The predicted octanol–water partition coefficient (Wildman–Crippen LogP) is 4.44. The van der Waals surface area contributed by atoms with Crippen LogP contribution < -0.4 is 0 Å². The Hall–Kier alpha value is -1.82. The van der Waals surface area contributed by atoms with Crippen molar-refractivity contribution in [3.8, 4) is 11.1 Å². The Kier molecular flexibility index (Phi) is 3.36. The first-order valence-electron chi connectivity index (χ1n) is 5.31. The number of aromatic carboxylic acids is 1. The smallest absolute Gasteiger partial charge is 0.426 e. The van der Waals surface area contributed by atoms with E-state index >= 15 is 0 Å². The van der Waals surface area contributed by atoms with Crippen LogP contribution in [0.25, 0.3) is 11.1 Å². The van der Waals surface area contributed by atoms with Gasteiger partial charge in [0.05, 0.1) is 0 Å². The molecule has 1 heterocycles. The lowest BCUT2D eigenvalue weighted by Crippen LogP contribution is -2.03. The third kappa shape index (κ3) is 2.49. The number of carboxylic acids is 1. The number of hydrogen-bond acceptors (Lipinski definition) is 2. The second kappa shape index (κ2) is 4.70. The topological polar surface area (TPSA) is 37.3 Å². The minimum atomic E-state index is -4.56. The molecule has 1 aromatic carbocycles. The lowest BCUT2D eigenvalue weighted by molar-refractivity contribution is -0.133. The first kappa shape index (κ1) is 13.6. The van der Waals surface area contributed by atoms with E-state index in [1.807, 2.05) is 0 Å². The molecule has 19 heavy (non-hydrogen) atoms. The van der Waals surface area contributed by atoms with Crippen LogP contribution in [0.1, 0.15) is 20.1 Å². The van der Waals surface area contributed by atoms with Gasteiger partial charge in [-0.2, -0.15) is 13.2 Å². The summed E-state index contributed by atoms with van der Waals surface area (Å²) in [5.41, 5.74) is 0.475. The van der Waals surface area contributed by atoms with Crippen molar-refractivity contribution in [1.82, 2.24) is 0 Å². The lowest BCUT2D eigenvalue weighted by atomic mass is 10.0. The highest BCUT2D eigenvalue weighted by molar-refractivity contribution is 7.14. The van der Waals surface area contributed by atoms with Gasteiger partial charge in [-0.25, -0.2) is 4.79 Å². The van der Waals surface area contributed by atoms with Gasteiger partial charge in [0.25, 0.3) is 0 Å². The maximum atomic E-state index is 13.0. The van der Waals surface area contributed by atoms with Crippen molar-refractivity contribution >= 4 is 17.3 Å². The Morgan fingerprint density at radius 2 is 1.79 bits per heavy atom. The Labute approximate surface area is 111 Å². The summed E-state index contributed by atoms with van der Waals surface area (Å²) < 4.78 is 39.0. The van der Waals surface area contributed by atoms with Crippen molar-refractivity contribution in [1.29, 1.82) is 0 Å². The highest BCUT2D eigenvalue weighted by Gasteiger charge is 2.38. The molecule has 0 bridgehead atoms. The number of halogens is 3. The number of alkyl halides is 3. The van der Waals surface area contributed by atoms with E-state index in [1.165, 1.54) is 19.1 Å². The Bertz CT molecular complexity index is 615. The van der Waals surface area contributed by atoms with Crippen LogP contribution in [0.5, 0.6) is 0 Å². The number of hydrogen-bond donors (Lipinski definition) is 1. The zero-order chi connectivity index (χ0) is 14.2. The Balaban J connectivity index is 2.75. The van der Waals surface area contributed by atoms with Crippen LogP contribution in [0.4, 0.5) is 13.2 Å². The van der Waals surface area contributed by atoms with E-state index in [2.05, 4.69) is 0 Å². The summed E-state index contributed by atoms with van der Waals surface area (Å²) >= 11 is 0.271. The summed E-state index contributed by atoms with van der Waals surface area (Å²) in [5, 5.41) is 8.96. The molecular formula is C13H9F3O2S. The van der Waals surface area contributed by atoms with Crippen LogP contribution in [0, 0.1) is 6.92 Å². The summed E-state index contributed by atoms with van der Waals surface area (Å²) in [7, 11) is 0. The molecule has 0 saturated heterocycles. The van der Waals surface area contributed by atoms with Crippen molar-refractivity contribution in [2.75, 3.05) is 0 Å². The molecule has 0 spiro atoms. The number of carboxylic acid groups (broad SMARTS) is 1. The fourth-order valence-electron chi connectivity index (χ4n) is 1.87. The molecule has 0 aliphatic rings. The van der Waals surface area contributed by atoms with E-state index in [-0.39, 0.29) is 27.3 Å². The standard InChI is InChI=1S/C13H9F3O2S/c1-7-9(8-5-3-2-4-6-8)11(13(14,15)16)19-10(7)12(17)18/h2-6H,1H3,(H,17,18). The van der Waals surface area contributed by atoms with E-state index in [0.29, 0.717) is 5.56 Å². The Morgan fingerprint density at radius 1 is 1.21 bits per heavy atom. The maximum Gasteiger partial charge on any atom is 0.426 e. The molecule has 2 aromatic rings. The summed E-state index contributed by atoms with van der Waals surface area (Å²) in [5.74, 6) is -1.34. The first-order valence-corrected chi connectivity index (χ1v) is 6.13. The summed E-state index contributed by atoms with van der Waals surface area (Å²) in [4.78, 5) is 9.85. The molecule has 100 valence electrons. The number of thiophene rings is 1. The Morgan fingerprint density at radius 3 is 2.26 bits per heavy atom. The van der Waals surface area contributed by atoms with Crippen LogP contribution in [0.15, 0.2) is 30.3 Å². The van der Waals surface area contributed by atoms with E-state index in [0.717, 1.165) is 0 Å². The normalized spacial score (nSPS) is 11.6. The molecule has 2 rings (SSSR count). The molecule has 1 aromatic heterocycles. The molecule has 0 aliphatic carbocycles. The third-order valence-electron chi connectivity index (χ3n) is 2.66. The maximum absolute atomic E-state index is 13.0. The molecule has 1 N–H and O–H groups in total. The monoisotopic (exact) mass is 286 g/mol. The largest absolute Gasteiger partial charge is 0.477 e. The van der Waals surface area contributed by atoms with Gasteiger partial charge in [-0.15, -0.1) is 11.3 Å². The number of carbonyl (C=O) groups is 1. The molecule has 0 fully saturated rings. The molecule has 0 unspecified atom stereocenters. The fraction of sp³-hybridized carbons (Fsp3) is 0.154.